The van der Waals surface area contributed by atoms with E-state index in [4.69, 9.17) is 0 Å². The lowest BCUT2D eigenvalue weighted by atomic mass is 9.90. The summed E-state index contributed by atoms with van der Waals surface area (Å²) in [5.41, 5.74) is 5.25. The average Bonchev–Trinajstić information content (AvgIpc) is 3.97. The summed E-state index contributed by atoms with van der Waals surface area (Å²) < 4.78 is 0. The van der Waals surface area contributed by atoms with E-state index >= 15 is 0 Å². The number of azo groups is 3. The summed E-state index contributed by atoms with van der Waals surface area (Å²) in [5.74, 6) is -0.0307. The second kappa shape index (κ2) is 14.8. The predicted molar refractivity (Wildman–Crippen MR) is 203 cm³/mol. The summed E-state index contributed by atoms with van der Waals surface area (Å²) in [6, 6.07) is 15.6. The van der Waals surface area contributed by atoms with Gasteiger partial charge in [-0.2, -0.15) is 0 Å². The maximum absolute atomic E-state index is 11.8. The van der Waals surface area contributed by atoms with Crippen LogP contribution in [0.5, 0.6) is 23.0 Å². The van der Waals surface area contributed by atoms with Crippen LogP contribution in [0.2, 0.25) is 0 Å². The van der Waals surface area contributed by atoms with Gasteiger partial charge in [0.25, 0.3) is 0 Å². The highest BCUT2D eigenvalue weighted by Crippen LogP contribution is 2.42. The molecule has 53 heavy (non-hydrogen) atoms. The Labute approximate surface area is 313 Å². The molecule has 16 heteroatoms. The average molecular weight is 758 g/mol. The first-order valence-electron chi connectivity index (χ1n) is 16.1. The lowest BCUT2D eigenvalue weighted by Gasteiger charge is -2.18. The number of phenols is 4. The van der Waals surface area contributed by atoms with E-state index in [-0.39, 0.29) is 48.7 Å². The molecule has 0 spiro atoms. The molecule has 8 bridgehead atoms. The summed E-state index contributed by atoms with van der Waals surface area (Å²) in [7, 11) is 0. The molecule has 0 radical (unpaired) electrons. The zero-order valence-corrected chi connectivity index (χ0v) is 30.0. The van der Waals surface area contributed by atoms with Gasteiger partial charge in [-0.05, 0) is 47.5 Å². The quantitative estimate of drug-likeness (QED) is 0.121. The molecule has 0 saturated carbocycles. The smallest absolute Gasteiger partial charge is 0.229 e. The van der Waals surface area contributed by atoms with Gasteiger partial charge in [0.2, 0.25) is 15.4 Å². The van der Waals surface area contributed by atoms with Crippen LogP contribution >= 0.6 is 34.0 Å². The van der Waals surface area contributed by atoms with Crippen LogP contribution in [0.4, 0.5) is 32.5 Å². The Morgan fingerprint density at radius 3 is 0.962 bits per heavy atom. The maximum Gasteiger partial charge on any atom is 0.229 e. The zero-order chi connectivity index (χ0) is 36.3. The summed E-state index contributed by atoms with van der Waals surface area (Å²) in [6.45, 7) is 0. The fourth-order valence-electron chi connectivity index (χ4n) is 6.05. The minimum Gasteiger partial charge on any atom is -0.507 e. The molecule has 1 aliphatic rings. The largest absolute Gasteiger partial charge is 0.507 e. The Balaban J connectivity index is 1.31. The second-order valence-corrected chi connectivity index (χ2v) is 14.6. The number of nitrogens with zero attached hydrogens (tertiary/aromatic N) is 9. The molecule has 0 amide bonds. The second-order valence-electron chi connectivity index (χ2n) is 12.0. The Morgan fingerprint density at radius 2 is 0.679 bits per heavy atom. The van der Waals surface area contributed by atoms with Crippen LogP contribution in [0.15, 0.2) is 120 Å². The first-order valence-corrected chi connectivity index (χ1v) is 18.8. The SMILES string of the molecule is Oc1c2cccc1Cc1cc(N=Nc3nccs3)cc(c1O)Cc1cc(N=Nc3nccs3)cc(c1O)Cc1cc(N=Nc3nccs3)cc(c1O)C2. The lowest BCUT2D eigenvalue weighted by Crippen LogP contribution is -2.01. The number of para-hydroxylation sites is 1. The topological polar surface area (TPSA) is 194 Å². The van der Waals surface area contributed by atoms with E-state index in [2.05, 4.69) is 45.6 Å². The number of aromatic nitrogens is 3. The number of fused-ring (bicyclic) bond motifs is 8. The van der Waals surface area contributed by atoms with Crippen molar-refractivity contribution in [3.63, 3.8) is 0 Å². The van der Waals surface area contributed by atoms with E-state index in [1.807, 2.05) is 6.07 Å². The number of rotatable bonds is 6. The fourth-order valence-corrected chi connectivity index (χ4v) is 7.41. The van der Waals surface area contributed by atoms with E-state index in [1.165, 1.54) is 34.0 Å². The number of hydrogen-bond donors (Lipinski definition) is 4. The van der Waals surface area contributed by atoms with E-state index in [0.717, 1.165) is 0 Å². The highest BCUT2D eigenvalue weighted by molar-refractivity contribution is 7.13. The molecule has 0 aliphatic heterocycles. The molecular weight excluding hydrogens is 731 g/mol. The minimum atomic E-state index is -0.0420. The van der Waals surface area contributed by atoms with Gasteiger partial charge in [0.1, 0.15) is 23.0 Å². The van der Waals surface area contributed by atoms with Gasteiger partial charge in [-0.25, -0.2) is 15.0 Å². The first kappa shape index (κ1) is 33.9. The predicted octanol–water partition coefficient (Wildman–Crippen LogP) is 10.8. The van der Waals surface area contributed by atoms with E-state index < -0.39 is 0 Å². The van der Waals surface area contributed by atoms with Crippen LogP contribution in [0, 0.1) is 0 Å². The fraction of sp³-hybridized carbons (Fsp3) is 0.108. The summed E-state index contributed by atoms with van der Waals surface area (Å²) in [5, 5.41) is 79.7. The van der Waals surface area contributed by atoms with Crippen molar-refractivity contribution in [1.29, 1.82) is 0 Å². The van der Waals surface area contributed by atoms with Crippen molar-refractivity contribution in [3.8, 4) is 23.0 Å². The molecule has 7 aromatic rings. The molecule has 3 aromatic heterocycles. The Bertz CT molecular complexity index is 2370. The molecule has 0 fully saturated rings. The van der Waals surface area contributed by atoms with Gasteiger partial charge in [-0.1, -0.05) is 18.2 Å². The molecule has 0 atom stereocenters. The van der Waals surface area contributed by atoms with E-state index in [1.54, 1.807) is 83.3 Å². The number of thiazole rings is 3. The van der Waals surface area contributed by atoms with Crippen molar-refractivity contribution in [2.45, 2.75) is 25.7 Å². The maximum atomic E-state index is 11.8. The van der Waals surface area contributed by atoms with E-state index in [9.17, 15) is 20.4 Å². The van der Waals surface area contributed by atoms with Crippen LogP contribution in [-0.4, -0.2) is 35.4 Å². The summed E-state index contributed by atoms with van der Waals surface area (Å²) in [6.07, 6.45) is 5.36. The van der Waals surface area contributed by atoms with Gasteiger partial charge in [0, 0.05) is 93.8 Å². The summed E-state index contributed by atoms with van der Waals surface area (Å²) in [4.78, 5) is 12.6. The highest BCUT2D eigenvalue weighted by Gasteiger charge is 2.21. The van der Waals surface area contributed by atoms with Gasteiger partial charge >= 0.3 is 0 Å². The van der Waals surface area contributed by atoms with Gasteiger partial charge < -0.3 is 20.4 Å². The molecule has 262 valence electrons. The normalized spacial score (nSPS) is 13.1. The van der Waals surface area contributed by atoms with Crippen molar-refractivity contribution >= 4 is 66.5 Å². The van der Waals surface area contributed by atoms with Gasteiger partial charge in [0.05, 0.1) is 17.1 Å². The van der Waals surface area contributed by atoms with Crippen molar-refractivity contribution in [2.24, 2.45) is 30.7 Å². The van der Waals surface area contributed by atoms with Gasteiger partial charge in [-0.15, -0.1) is 64.7 Å². The molecule has 13 nitrogen and oxygen atoms in total. The Morgan fingerprint density at radius 1 is 0.396 bits per heavy atom. The third-order valence-corrected chi connectivity index (χ3v) is 10.5. The van der Waals surface area contributed by atoms with Crippen molar-refractivity contribution in [1.82, 2.24) is 15.0 Å². The van der Waals surface area contributed by atoms with Crippen molar-refractivity contribution in [3.05, 3.63) is 134 Å². The van der Waals surface area contributed by atoms with Crippen LogP contribution in [0.1, 0.15) is 44.5 Å². The van der Waals surface area contributed by atoms with E-state index in [0.29, 0.717) is 77.0 Å². The molecule has 0 saturated heterocycles. The number of hydrogen-bond acceptors (Lipinski definition) is 16. The molecule has 1 aliphatic carbocycles. The number of benzene rings is 4. The standard InChI is InChI=1S/C37H27N9O4S3/c47-31-20-2-1-3-21(31)11-23-15-29(42-45-36-39-5-8-52-36)17-25(33(23)49)13-27-19-30(43-46-37-40-6-9-53-37)18-26(34(27)50)12-24-16-28(14-22(10-20)32(24)48)41-44-35-38-4-7-51-35/h1-9,14-19,47-50H,10-13H2. The van der Waals surface area contributed by atoms with Crippen molar-refractivity contribution < 1.29 is 20.4 Å². The molecule has 0 unspecified atom stereocenters. The third-order valence-electron chi connectivity index (χ3n) is 8.50. The summed E-state index contributed by atoms with van der Waals surface area (Å²) >= 11 is 4.01. The lowest BCUT2D eigenvalue weighted by molar-refractivity contribution is 0.450. The molecular formula is C37H27N9O4S3. The van der Waals surface area contributed by atoms with Crippen LogP contribution in [-0.2, 0) is 25.7 Å². The first-order chi connectivity index (χ1) is 25.9. The molecule has 4 N–H and O–H groups in total. The van der Waals surface area contributed by atoms with Gasteiger partial charge in [-0.3, -0.25) is 0 Å². The molecule has 8 rings (SSSR count). The zero-order valence-electron chi connectivity index (χ0n) is 27.5. The monoisotopic (exact) mass is 757 g/mol. The van der Waals surface area contributed by atoms with Gasteiger partial charge in [0.15, 0.2) is 0 Å². The van der Waals surface area contributed by atoms with Crippen molar-refractivity contribution in [2.75, 3.05) is 0 Å². The third kappa shape index (κ3) is 7.55. The number of phenolic OH excluding ortho intramolecular Hbond substituents is 4. The Kier molecular flexibility index (Phi) is 9.45. The highest BCUT2D eigenvalue weighted by atomic mass is 32.1. The Hall–Kier alpha value is -6.23. The van der Waals surface area contributed by atoms with Crippen LogP contribution in [0.25, 0.3) is 0 Å². The van der Waals surface area contributed by atoms with Crippen LogP contribution in [0.3, 0.4) is 0 Å². The van der Waals surface area contributed by atoms with Crippen LogP contribution < -0.4 is 0 Å². The number of aromatic hydroxyl groups is 4. The minimum absolute atomic E-state index is 0.0102. The molecule has 3 heterocycles. The molecule has 4 aromatic carbocycles.